The summed E-state index contributed by atoms with van der Waals surface area (Å²) in [6.45, 7) is 0. The van der Waals surface area contributed by atoms with Gasteiger partial charge in [0, 0.05) is 16.6 Å². The van der Waals surface area contributed by atoms with E-state index in [4.69, 9.17) is 0 Å². The average molecular weight is 309 g/mol. The van der Waals surface area contributed by atoms with Gasteiger partial charge in [-0.2, -0.15) is 0 Å². The van der Waals surface area contributed by atoms with Crippen LogP contribution in [0.1, 0.15) is 23.1 Å². The number of aromatic amines is 1. The minimum Gasteiger partial charge on any atom is -0.357 e. The van der Waals surface area contributed by atoms with Gasteiger partial charge in [0.2, 0.25) is 23.6 Å². The molecule has 0 spiro atoms. The van der Waals surface area contributed by atoms with Gasteiger partial charge in [0.05, 0.1) is 23.7 Å². The average Bonchev–Trinajstić information content (AvgIpc) is 3.12. The van der Waals surface area contributed by atoms with Gasteiger partial charge < -0.3 is 4.98 Å². The lowest BCUT2D eigenvalue weighted by molar-refractivity contribution is -0.132. The summed E-state index contributed by atoms with van der Waals surface area (Å²) in [6.07, 6.45) is 0. The van der Waals surface area contributed by atoms with E-state index in [9.17, 15) is 19.2 Å². The molecule has 1 aliphatic carbocycles. The molecule has 4 amide bonds. The van der Waals surface area contributed by atoms with Crippen molar-refractivity contribution in [1.82, 2.24) is 15.6 Å². The third-order valence-corrected chi connectivity index (χ3v) is 5.17. The maximum absolute atomic E-state index is 12.3. The smallest absolute Gasteiger partial charge is 0.236 e. The molecule has 3 heterocycles. The highest BCUT2D eigenvalue weighted by Gasteiger charge is 2.61. The number of rotatable bonds is 0. The van der Waals surface area contributed by atoms with Crippen LogP contribution >= 0.6 is 0 Å². The lowest BCUT2D eigenvalue weighted by Crippen LogP contribution is -2.37. The fourth-order valence-electron chi connectivity index (χ4n) is 4.32. The summed E-state index contributed by atoms with van der Waals surface area (Å²) in [7, 11) is 0. The van der Waals surface area contributed by atoms with E-state index in [1.54, 1.807) is 0 Å². The van der Waals surface area contributed by atoms with Crippen molar-refractivity contribution < 1.29 is 19.2 Å². The van der Waals surface area contributed by atoms with Gasteiger partial charge in [-0.1, -0.05) is 18.2 Å². The number of H-pyrrole nitrogens is 1. The highest BCUT2D eigenvalue weighted by Crippen LogP contribution is 2.52. The molecule has 3 aliphatic rings. The monoisotopic (exact) mass is 309 g/mol. The van der Waals surface area contributed by atoms with Crippen LogP contribution in [-0.4, -0.2) is 28.6 Å². The van der Waals surface area contributed by atoms with Crippen molar-refractivity contribution in [2.75, 3.05) is 0 Å². The zero-order valence-corrected chi connectivity index (χ0v) is 11.8. The Labute approximate surface area is 129 Å². The number of para-hydroxylation sites is 1. The minimum absolute atomic E-state index is 0.406. The van der Waals surface area contributed by atoms with Gasteiger partial charge >= 0.3 is 0 Å². The Morgan fingerprint density at radius 3 is 2.09 bits per heavy atom. The van der Waals surface area contributed by atoms with Crippen molar-refractivity contribution in [2.24, 2.45) is 11.8 Å². The third kappa shape index (κ3) is 1.35. The molecule has 0 bridgehead atoms. The zero-order chi connectivity index (χ0) is 15.9. The normalized spacial score (nSPS) is 31.7. The van der Waals surface area contributed by atoms with Crippen LogP contribution in [0.25, 0.3) is 10.9 Å². The Hall–Kier alpha value is -2.96. The molecule has 2 aliphatic heterocycles. The van der Waals surface area contributed by atoms with Gasteiger partial charge in [0.1, 0.15) is 0 Å². The summed E-state index contributed by atoms with van der Waals surface area (Å²) in [5.41, 5.74) is 2.03. The van der Waals surface area contributed by atoms with Crippen molar-refractivity contribution in [3.05, 3.63) is 35.5 Å². The molecule has 2 saturated heterocycles. The van der Waals surface area contributed by atoms with Gasteiger partial charge in [-0.3, -0.25) is 29.8 Å². The quantitative estimate of drug-likeness (QED) is 0.590. The van der Waals surface area contributed by atoms with Gasteiger partial charge in [-0.25, -0.2) is 0 Å². The third-order valence-electron chi connectivity index (χ3n) is 5.17. The van der Waals surface area contributed by atoms with E-state index in [1.165, 1.54) is 0 Å². The van der Waals surface area contributed by atoms with Crippen molar-refractivity contribution in [1.29, 1.82) is 0 Å². The highest BCUT2D eigenvalue weighted by atomic mass is 16.2. The molecule has 5 rings (SSSR count). The van der Waals surface area contributed by atoms with Crippen LogP contribution in [0.3, 0.4) is 0 Å². The summed E-state index contributed by atoms with van der Waals surface area (Å²) in [5, 5.41) is 5.43. The van der Waals surface area contributed by atoms with E-state index < -0.39 is 47.3 Å². The summed E-state index contributed by atoms with van der Waals surface area (Å²) in [5.74, 6) is -4.92. The molecule has 0 saturated carbocycles. The molecular formula is C16H11N3O4. The Morgan fingerprint density at radius 2 is 1.35 bits per heavy atom. The molecule has 4 atom stereocenters. The number of amides is 4. The van der Waals surface area contributed by atoms with Crippen LogP contribution in [-0.2, 0) is 19.2 Å². The van der Waals surface area contributed by atoms with E-state index in [-0.39, 0.29) is 0 Å². The van der Waals surface area contributed by atoms with E-state index >= 15 is 0 Å². The molecule has 1 aromatic heterocycles. The predicted molar refractivity (Wildman–Crippen MR) is 77.1 cm³/mol. The summed E-state index contributed by atoms with van der Waals surface area (Å²) < 4.78 is 0. The fourth-order valence-corrected chi connectivity index (χ4v) is 4.32. The number of benzene rings is 1. The van der Waals surface area contributed by atoms with Crippen molar-refractivity contribution in [3.63, 3.8) is 0 Å². The lowest BCUT2D eigenvalue weighted by Gasteiger charge is -2.30. The highest BCUT2D eigenvalue weighted by molar-refractivity contribution is 6.17. The molecule has 0 unspecified atom stereocenters. The van der Waals surface area contributed by atoms with Crippen LogP contribution < -0.4 is 10.6 Å². The standard InChI is InChI=1S/C16H11N3O4/c20-13-8-7-5-3-1-2-4-6(5)17-12(7)11-10(9(8)14(21)18-13)15(22)19-16(11)23/h1-4,8-11,17H,(H,18,20,21)(H,19,22,23)/t8-,9-,10-,11-/m0/s1. The van der Waals surface area contributed by atoms with Gasteiger partial charge in [0.15, 0.2) is 0 Å². The topological polar surface area (TPSA) is 108 Å². The summed E-state index contributed by atoms with van der Waals surface area (Å²) in [6, 6.07) is 7.39. The maximum atomic E-state index is 12.3. The lowest BCUT2D eigenvalue weighted by atomic mass is 9.67. The molecule has 7 heteroatoms. The fraction of sp³-hybridized carbons (Fsp3) is 0.250. The predicted octanol–water partition coefficient (Wildman–Crippen LogP) is -0.106. The molecule has 23 heavy (non-hydrogen) atoms. The van der Waals surface area contributed by atoms with Crippen molar-refractivity contribution in [3.8, 4) is 0 Å². The zero-order valence-electron chi connectivity index (χ0n) is 11.8. The van der Waals surface area contributed by atoms with Crippen molar-refractivity contribution in [2.45, 2.75) is 11.8 Å². The van der Waals surface area contributed by atoms with Crippen LogP contribution in [0.2, 0.25) is 0 Å². The SMILES string of the molecule is O=C1NC(=O)[C@H]2c3c([nH]c4ccccc34)[C@H]3C(=O)NC(=O)[C@H]3[C@@H]12. The van der Waals surface area contributed by atoms with Crippen LogP contribution in [0.15, 0.2) is 24.3 Å². The number of fused-ring (bicyclic) bond motifs is 8. The van der Waals surface area contributed by atoms with Gasteiger partial charge in [0.25, 0.3) is 0 Å². The van der Waals surface area contributed by atoms with E-state index in [0.29, 0.717) is 11.3 Å². The van der Waals surface area contributed by atoms with Gasteiger partial charge in [-0.05, 0) is 11.6 Å². The number of hydrogen-bond donors (Lipinski definition) is 3. The first-order valence-corrected chi connectivity index (χ1v) is 7.38. The largest absolute Gasteiger partial charge is 0.357 e. The van der Waals surface area contributed by atoms with E-state index in [2.05, 4.69) is 15.6 Å². The van der Waals surface area contributed by atoms with E-state index in [1.807, 2.05) is 24.3 Å². The number of imide groups is 2. The van der Waals surface area contributed by atoms with Crippen LogP contribution in [0.5, 0.6) is 0 Å². The number of carbonyl (C=O) groups excluding carboxylic acids is 4. The number of carbonyl (C=O) groups is 4. The molecule has 1 aromatic carbocycles. The number of nitrogens with one attached hydrogen (secondary N) is 3. The molecule has 0 radical (unpaired) electrons. The molecule has 3 N–H and O–H groups in total. The maximum Gasteiger partial charge on any atom is 0.236 e. The van der Waals surface area contributed by atoms with E-state index in [0.717, 1.165) is 10.9 Å². The molecule has 2 fully saturated rings. The van der Waals surface area contributed by atoms with Gasteiger partial charge in [-0.15, -0.1) is 0 Å². The first kappa shape index (κ1) is 12.6. The summed E-state index contributed by atoms with van der Waals surface area (Å²) >= 11 is 0. The van der Waals surface area contributed by atoms with Crippen LogP contribution in [0.4, 0.5) is 0 Å². The Kier molecular flexibility index (Phi) is 2.11. The first-order valence-electron chi connectivity index (χ1n) is 7.38. The second-order valence-corrected chi connectivity index (χ2v) is 6.21. The number of hydrogen-bond acceptors (Lipinski definition) is 4. The molecule has 114 valence electrons. The Bertz CT molecular complexity index is 944. The Morgan fingerprint density at radius 1 is 0.739 bits per heavy atom. The van der Waals surface area contributed by atoms with Crippen molar-refractivity contribution >= 4 is 34.5 Å². The Balaban J connectivity index is 1.88. The first-order chi connectivity index (χ1) is 11.1. The molecule has 2 aromatic rings. The molecular weight excluding hydrogens is 298 g/mol. The second-order valence-electron chi connectivity index (χ2n) is 6.21. The minimum atomic E-state index is -0.834. The van der Waals surface area contributed by atoms with Crippen LogP contribution in [0, 0.1) is 11.8 Å². The molecule has 7 nitrogen and oxygen atoms in total. The second kappa shape index (κ2) is 3.87. The summed E-state index contributed by atoms with van der Waals surface area (Å²) in [4.78, 5) is 52.2. The number of aromatic nitrogens is 1.